The van der Waals surface area contributed by atoms with Crippen LogP contribution in [-0.4, -0.2) is 71.7 Å². The van der Waals surface area contributed by atoms with Crippen molar-refractivity contribution in [2.24, 2.45) is 0 Å². The number of amides is 1. The van der Waals surface area contributed by atoms with E-state index in [1.165, 1.54) is 37.6 Å². The van der Waals surface area contributed by atoms with Crippen LogP contribution in [0.1, 0.15) is 6.92 Å². The Morgan fingerprint density at radius 3 is 2.44 bits per heavy atom. The summed E-state index contributed by atoms with van der Waals surface area (Å²) in [4.78, 5) is 45.4. The van der Waals surface area contributed by atoms with Crippen LogP contribution in [0.2, 0.25) is 0 Å². The van der Waals surface area contributed by atoms with Crippen LogP contribution in [0.3, 0.4) is 0 Å². The van der Waals surface area contributed by atoms with E-state index in [0.29, 0.717) is 48.0 Å². The lowest BCUT2D eigenvalue weighted by molar-refractivity contribution is 0.0321. The number of nitrogens with one attached hydrogen (secondary N) is 1. The molecule has 6 rings (SSSR count). The quantitative estimate of drug-likeness (QED) is 0.203. The van der Waals surface area contributed by atoms with E-state index in [2.05, 4.69) is 15.2 Å². The fourth-order valence-corrected chi connectivity index (χ4v) is 5.31. The van der Waals surface area contributed by atoms with Crippen LogP contribution in [0.25, 0.3) is 16.6 Å². The van der Waals surface area contributed by atoms with Crippen molar-refractivity contribution >= 4 is 22.7 Å². The van der Waals surface area contributed by atoms with E-state index in [0.717, 1.165) is 53.2 Å². The number of aryl methyl sites for hydroxylation is 1. The molecule has 0 bridgehead atoms. The predicted octanol–water partition coefficient (Wildman–Crippen LogP) is 4.97. The molecule has 3 heterocycles. The fourth-order valence-electron chi connectivity index (χ4n) is 5.31. The van der Waals surface area contributed by atoms with E-state index in [1.807, 2.05) is 0 Å². The summed E-state index contributed by atoms with van der Waals surface area (Å²) in [5.74, 6) is -0.712. The monoisotopic (exact) mass is 689 g/mol. The fraction of sp³-hybridized carbons (Fsp3) is 0.257. The average molecular weight is 690 g/mol. The number of methoxy groups -OCH3 is 1. The number of nitrogens with zero attached hydrogens (tertiary/aromatic N) is 4. The second-order valence-corrected chi connectivity index (χ2v) is 11.1. The zero-order valence-corrected chi connectivity index (χ0v) is 27.2. The van der Waals surface area contributed by atoms with E-state index in [4.69, 9.17) is 23.7 Å². The number of aromatic nitrogens is 3. The lowest BCUT2D eigenvalue weighted by Gasteiger charge is -2.26. The number of hydrogen-bond acceptors (Lipinski definition) is 10. The van der Waals surface area contributed by atoms with Crippen LogP contribution in [0.4, 0.5) is 19.3 Å². The van der Waals surface area contributed by atoms with Crippen molar-refractivity contribution in [3.05, 3.63) is 106 Å². The maximum Gasteiger partial charge on any atom is 0.417 e. The van der Waals surface area contributed by atoms with Crippen molar-refractivity contribution < 1.29 is 37.3 Å². The number of pyridine rings is 1. The number of rotatable bonds is 11. The standard InChI is InChI=1S/C35H33F2N5O8/c1-3-41-21-32(33(43)42(35(41)45)24-7-4-22(36)5-8-24)50-34(44)39-23-6-9-29(26(37)18-23)49-28-10-11-38-27-20-31(30(46-2)19-25(27)28)48-17-14-40-12-15-47-16-13-40/h4-11,18-21H,3,12-17H2,1-2H3,(H,39,44). The molecule has 3 aromatic carbocycles. The summed E-state index contributed by atoms with van der Waals surface area (Å²) in [7, 11) is 1.52. The summed E-state index contributed by atoms with van der Waals surface area (Å²) < 4.78 is 58.8. The zero-order valence-electron chi connectivity index (χ0n) is 27.2. The average Bonchev–Trinajstić information content (AvgIpc) is 3.11. The van der Waals surface area contributed by atoms with Crippen LogP contribution >= 0.6 is 0 Å². The summed E-state index contributed by atoms with van der Waals surface area (Å²) >= 11 is 0. The van der Waals surface area contributed by atoms with Crippen LogP contribution in [0.5, 0.6) is 28.7 Å². The molecule has 0 unspecified atom stereocenters. The van der Waals surface area contributed by atoms with Gasteiger partial charge in [0.15, 0.2) is 23.1 Å². The van der Waals surface area contributed by atoms with Crippen molar-refractivity contribution in [3.8, 4) is 34.4 Å². The summed E-state index contributed by atoms with van der Waals surface area (Å²) in [5.41, 5.74) is -1.02. The molecule has 1 fully saturated rings. The molecule has 260 valence electrons. The first kappa shape index (κ1) is 34.1. The van der Waals surface area contributed by atoms with E-state index < -0.39 is 34.7 Å². The highest BCUT2D eigenvalue weighted by Gasteiger charge is 2.19. The van der Waals surface area contributed by atoms with Gasteiger partial charge < -0.3 is 23.7 Å². The molecule has 50 heavy (non-hydrogen) atoms. The predicted molar refractivity (Wildman–Crippen MR) is 179 cm³/mol. The van der Waals surface area contributed by atoms with Gasteiger partial charge in [0, 0.05) is 55.6 Å². The number of benzene rings is 3. The third kappa shape index (κ3) is 7.58. The van der Waals surface area contributed by atoms with Gasteiger partial charge in [0.1, 0.15) is 18.2 Å². The third-order valence-electron chi connectivity index (χ3n) is 7.91. The minimum Gasteiger partial charge on any atom is -0.493 e. The second-order valence-electron chi connectivity index (χ2n) is 11.1. The largest absolute Gasteiger partial charge is 0.493 e. The summed E-state index contributed by atoms with van der Waals surface area (Å²) in [6, 6.07) is 13.4. The van der Waals surface area contributed by atoms with E-state index in [-0.39, 0.29) is 23.7 Å². The van der Waals surface area contributed by atoms with E-state index in [1.54, 1.807) is 25.1 Å². The van der Waals surface area contributed by atoms with Crippen LogP contribution in [0.15, 0.2) is 82.6 Å². The zero-order chi connectivity index (χ0) is 35.2. The molecule has 0 saturated carbocycles. The number of halogens is 2. The van der Waals surface area contributed by atoms with Gasteiger partial charge in [-0.25, -0.2) is 22.9 Å². The van der Waals surface area contributed by atoms with Crippen molar-refractivity contribution in [2.45, 2.75) is 13.5 Å². The molecule has 1 saturated heterocycles. The number of anilines is 1. The molecule has 1 N–H and O–H groups in total. The van der Waals surface area contributed by atoms with Crippen LogP contribution in [-0.2, 0) is 11.3 Å². The lowest BCUT2D eigenvalue weighted by atomic mass is 10.1. The van der Waals surface area contributed by atoms with Crippen molar-refractivity contribution in [2.75, 3.05) is 51.9 Å². The van der Waals surface area contributed by atoms with Crippen molar-refractivity contribution in [1.29, 1.82) is 0 Å². The molecule has 0 spiro atoms. The highest BCUT2D eigenvalue weighted by atomic mass is 19.1. The Balaban J connectivity index is 1.16. The number of ether oxygens (including phenoxy) is 5. The molecular weight excluding hydrogens is 656 g/mol. The lowest BCUT2D eigenvalue weighted by Crippen LogP contribution is -2.39. The van der Waals surface area contributed by atoms with Gasteiger partial charge in [-0.15, -0.1) is 0 Å². The molecule has 0 radical (unpaired) electrons. The van der Waals surface area contributed by atoms with Crippen LogP contribution in [0, 0.1) is 11.6 Å². The first-order valence-corrected chi connectivity index (χ1v) is 15.7. The Labute approximate surface area is 284 Å². The number of carbonyl (C=O) groups is 1. The Kier molecular flexibility index (Phi) is 10.3. The highest BCUT2D eigenvalue weighted by Crippen LogP contribution is 2.38. The first-order chi connectivity index (χ1) is 24.2. The molecule has 1 aliphatic rings. The molecular formula is C35H33F2N5O8. The van der Waals surface area contributed by atoms with Gasteiger partial charge >= 0.3 is 17.3 Å². The molecule has 0 atom stereocenters. The number of morpholine rings is 1. The summed E-state index contributed by atoms with van der Waals surface area (Å²) in [6.07, 6.45) is 1.51. The number of carbonyl (C=O) groups excluding carboxylic acids is 1. The maximum atomic E-state index is 15.3. The van der Waals surface area contributed by atoms with E-state index in [9.17, 15) is 18.8 Å². The summed E-state index contributed by atoms with van der Waals surface area (Å²) in [5, 5.41) is 2.92. The Morgan fingerprint density at radius 2 is 1.72 bits per heavy atom. The molecule has 1 aliphatic heterocycles. The minimum absolute atomic E-state index is 0.00245. The van der Waals surface area contributed by atoms with Gasteiger partial charge in [-0.1, -0.05) is 0 Å². The van der Waals surface area contributed by atoms with Crippen molar-refractivity contribution in [1.82, 2.24) is 19.0 Å². The maximum absolute atomic E-state index is 15.3. The van der Waals surface area contributed by atoms with Gasteiger partial charge in [-0.05, 0) is 55.5 Å². The van der Waals surface area contributed by atoms with E-state index >= 15 is 4.39 Å². The topological polar surface area (TPSA) is 135 Å². The second kappa shape index (κ2) is 15.2. The Hall–Kier alpha value is -5.80. The number of hydrogen-bond donors (Lipinski definition) is 1. The molecule has 15 heteroatoms. The van der Waals surface area contributed by atoms with Gasteiger partial charge in [0.2, 0.25) is 5.75 Å². The summed E-state index contributed by atoms with van der Waals surface area (Å²) in [6.45, 7) is 6.05. The highest BCUT2D eigenvalue weighted by molar-refractivity contribution is 5.89. The third-order valence-corrected chi connectivity index (χ3v) is 7.91. The molecule has 1 amide bonds. The number of fused-ring (bicyclic) bond motifs is 1. The molecule has 0 aliphatic carbocycles. The Bertz CT molecular complexity index is 2130. The SMILES string of the molecule is CCn1cc(OC(=O)Nc2ccc(Oc3ccnc4cc(OCCN5CCOCC5)c(OC)cc34)c(F)c2)c(=O)n(-c2ccc(F)cc2)c1=O. The Morgan fingerprint density at radius 1 is 0.940 bits per heavy atom. The molecule has 13 nitrogen and oxygen atoms in total. The molecule has 2 aromatic heterocycles. The van der Waals surface area contributed by atoms with Crippen LogP contribution < -0.4 is 35.5 Å². The smallest absolute Gasteiger partial charge is 0.417 e. The van der Waals surface area contributed by atoms with Gasteiger partial charge in [0.25, 0.3) is 0 Å². The minimum atomic E-state index is -1.11. The van der Waals surface area contributed by atoms with Gasteiger partial charge in [-0.2, -0.15) is 0 Å². The first-order valence-electron chi connectivity index (χ1n) is 15.7. The van der Waals surface area contributed by atoms with Gasteiger partial charge in [-0.3, -0.25) is 24.6 Å². The van der Waals surface area contributed by atoms with Gasteiger partial charge in [0.05, 0.1) is 37.7 Å². The molecule has 5 aromatic rings. The normalized spacial score (nSPS) is 13.2. The van der Waals surface area contributed by atoms with Crippen molar-refractivity contribution in [3.63, 3.8) is 0 Å².